The van der Waals surface area contributed by atoms with Gasteiger partial charge in [0.25, 0.3) is 0 Å². The van der Waals surface area contributed by atoms with E-state index in [0.717, 1.165) is 24.5 Å². The summed E-state index contributed by atoms with van der Waals surface area (Å²) >= 11 is 0. The lowest BCUT2D eigenvalue weighted by atomic mass is 10.2. The van der Waals surface area contributed by atoms with Crippen LogP contribution in [-0.2, 0) is 6.42 Å². The van der Waals surface area contributed by atoms with Crippen LogP contribution < -0.4 is 16.2 Å². The average molecular weight is 244 g/mol. The zero-order valence-electron chi connectivity index (χ0n) is 10.2. The molecule has 3 N–H and O–H groups in total. The molecule has 6 heteroatoms. The molecule has 0 aromatic carbocycles. The van der Waals surface area contributed by atoms with E-state index in [0.29, 0.717) is 5.82 Å². The van der Waals surface area contributed by atoms with Crippen LogP contribution in [0.15, 0.2) is 36.8 Å². The second-order valence-electron chi connectivity index (χ2n) is 3.90. The molecule has 2 rings (SSSR count). The quantitative estimate of drug-likeness (QED) is 0.599. The number of aromatic nitrogens is 3. The number of nitrogens with zero attached hydrogens (tertiary/aromatic N) is 4. The van der Waals surface area contributed by atoms with Gasteiger partial charge in [0.2, 0.25) is 0 Å². The van der Waals surface area contributed by atoms with Gasteiger partial charge in [-0.25, -0.2) is 15.8 Å². The molecule has 2 aromatic heterocycles. The number of hydrogen-bond donors (Lipinski definition) is 2. The molecule has 94 valence electrons. The lowest BCUT2D eigenvalue weighted by molar-refractivity contribution is 0.836. The van der Waals surface area contributed by atoms with Crippen LogP contribution in [0, 0.1) is 0 Å². The number of hydrogen-bond acceptors (Lipinski definition) is 6. The van der Waals surface area contributed by atoms with Gasteiger partial charge >= 0.3 is 0 Å². The smallest absolute Gasteiger partial charge is 0.145 e. The fraction of sp³-hybridized carbons (Fsp3) is 0.250. The topological polar surface area (TPSA) is 80.0 Å². The van der Waals surface area contributed by atoms with E-state index >= 15 is 0 Å². The standard InChI is InChI=1S/C12H16N6/c1-18(7-5-10-4-2-3-6-14-10)12-8-11(17-13)15-9-16-12/h2-4,6,8-9H,5,7,13H2,1H3,(H,15,16,17). The minimum Gasteiger partial charge on any atom is -0.359 e. The highest BCUT2D eigenvalue weighted by Gasteiger charge is 2.04. The fourth-order valence-electron chi connectivity index (χ4n) is 1.58. The van der Waals surface area contributed by atoms with Crippen molar-refractivity contribution in [3.63, 3.8) is 0 Å². The van der Waals surface area contributed by atoms with Crippen molar-refractivity contribution in [2.75, 3.05) is 23.9 Å². The number of anilines is 2. The second-order valence-corrected chi connectivity index (χ2v) is 3.90. The van der Waals surface area contributed by atoms with Crippen molar-refractivity contribution >= 4 is 11.6 Å². The van der Waals surface area contributed by atoms with Crippen molar-refractivity contribution in [3.8, 4) is 0 Å². The molecule has 0 bridgehead atoms. The summed E-state index contributed by atoms with van der Waals surface area (Å²) in [6, 6.07) is 7.72. The van der Waals surface area contributed by atoms with Crippen LogP contribution in [0.3, 0.4) is 0 Å². The summed E-state index contributed by atoms with van der Waals surface area (Å²) < 4.78 is 0. The molecule has 2 heterocycles. The van der Waals surface area contributed by atoms with Crippen LogP contribution in [0.4, 0.5) is 11.6 Å². The molecule has 0 spiro atoms. The maximum Gasteiger partial charge on any atom is 0.145 e. The predicted octanol–water partition coefficient (Wildman–Crippen LogP) is 0.836. The summed E-state index contributed by atoms with van der Waals surface area (Å²) in [5.74, 6) is 6.74. The Hall–Kier alpha value is -2.21. The summed E-state index contributed by atoms with van der Waals surface area (Å²) in [6.07, 6.45) is 4.16. The summed E-state index contributed by atoms with van der Waals surface area (Å²) in [5.41, 5.74) is 3.57. The molecule has 0 saturated heterocycles. The van der Waals surface area contributed by atoms with Crippen molar-refractivity contribution < 1.29 is 0 Å². The van der Waals surface area contributed by atoms with E-state index in [1.807, 2.05) is 30.1 Å². The van der Waals surface area contributed by atoms with Gasteiger partial charge in [0.05, 0.1) is 0 Å². The zero-order chi connectivity index (χ0) is 12.8. The Bertz CT molecular complexity index is 487. The SMILES string of the molecule is CN(CCc1ccccn1)c1cc(NN)ncn1. The van der Waals surface area contributed by atoms with E-state index in [1.54, 1.807) is 12.3 Å². The maximum atomic E-state index is 5.32. The Balaban J connectivity index is 1.97. The van der Waals surface area contributed by atoms with Gasteiger partial charge < -0.3 is 10.3 Å². The van der Waals surface area contributed by atoms with E-state index in [9.17, 15) is 0 Å². The van der Waals surface area contributed by atoms with Gasteiger partial charge in [-0.05, 0) is 12.1 Å². The van der Waals surface area contributed by atoms with E-state index in [1.165, 1.54) is 6.33 Å². The van der Waals surface area contributed by atoms with Crippen molar-refractivity contribution in [3.05, 3.63) is 42.5 Å². The molecule has 0 aliphatic heterocycles. The lowest BCUT2D eigenvalue weighted by Gasteiger charge is -2.17. The number of nitrogens with two attached hydrogens (primary N) is 1. The van der Waals surface area contributed by atoms with Gasteiger partial charge in [-0.2, -0.15) is 0 Å². The van der Waals surface area contributed by atoms with Crippen LogP contribution >= 0.6 is 0 Å². The van der Waals surface area contributed by atoms with Gasteiger partial charge in [-0.3, -0.25) is 4.98 Å². The molecule has 2 aromatic rings. The summed E-state index contributed by atoms with van der Waals surface area (Å²) in [6.45, 7) is 0.831. The third-order valence-electron chi connectivity index (χ3n) is 2.62. The second kappa shape index (κ2) is 5.92. The highest BCUT2D eigenvalue weighted by Crippen LogP contribution is 2.11. The molecule has 0 amide bonds. The van der Waals surface area contributed by atoms with Gasteiger partial charge in [0, 0.05) is 38.0 Å². The number of likely N-dealkylation sites (N-methyl/N-ethyl adjacent to an activating group) is 1. The number of pyridine rings is 1. The zero-order valence-corrected chi connectivity index (χ0v) is 10.2. The van der Waals surface area contributed by atoms with Crippen LogP contribution in [-0.4, -0.2) is 28.5 Å². The predicted molar refractivity (Wildman–Crippen MR) is 71.1 cm³/mol. The molecule has 0 fully saturated rings. The Kier molecular flexibility index (Phi) is 4.03. The molecule has 0 aliphatic carbocycles. The number of nitrogens with one attached hydrogen (secondary N) is 1. The Morgan fingerprint density at radius 2 is 2.17 bits per heavy atom. The summed E-state index contributed by atoms with van der Waals surface area (Å²) in [4.78, 5) is 14.5. The first-order chi connectivity index (χ1) is 8.79. The van der Waals surface area contributed by atoms with E-state index in [4.69, 9.17) is 5.84 Å². The van der Waals surface area contributed by atoms with Crippen LogP contribution in [0.5, 0.6) is 0 Å². The number of nitrogen functional groups attached to an aromatic ring is 1. The minimum atomic E-state index is 0.602. The van der Waals surface area contributed by atoms with Crippen molar-refractivity contribution in [2.45, 2.75) is 6.42 Å². The first-order valence-corrected chi connectivity index (χ1v) is 5.69. The van der Waals surface area contributed by atoms with Gasteiger partial charge in [0.1, 0.15) is 18.0 Å². The third-order valence-corrected chi connectivity index (χ3v) is 2.62. The third kappa shape index (κ3) is 3.14. The van der Waals surface area contributed by atoms with Crippen molar-refractivity contribution in [1.29, 1.82) is 0 Å². The van der Waals surface area contributed by atoms with E-state index < -0.39 is 0 Å². The number of rotatable bonds is 5. The largest absolute Gasteiger partial charge is 0.359 e. The van der Waals surface area contributed by atoms with Crippen LogP contribution in [0.1, 0.15) is 5.69 Å². The lowest BCUT2D eigenvalue weighted by Crippen LogP contribution is -2.22. The molecular weight excluding hydrogens is 228 g/mol. The highest BCUT2D eigenvalue weighted by molar-refractivity contribution is 5.47. The monoisotopic (exact) mass is 244 g/mol. The molecule has 0 atom stereocenters. The highest BCUT2D eigenvalue weighted by atomic mass is 15.3. The minimum absolute atomic E-state index is 0.602. The van der Waals surface area contributed by atoms with E-state index in [-0.39, 0.29) is 0 Å². The summed E-state index contributed by atoms with van der Waals surface area (Å²) in [5, 5.41) is 0. The number of hydrazine groups is 1. The van der Waals surface area contributed by atoms with Crippen LogP contribution in [0.25, 0.3) is 0 Å². The molecule has 0 saturated carbocycles. The van der Waals surface area contributed by atoms with Crippen molar-refractivity contribution in [1.82, 2.24) is 15.0 Å². The van der Waals surface area contributed by atoms with Gasteiger partial charge in [-0.15, -0.1) is 0 Å². The first-order valence-electron chi connectivity index (χ1n) is 5.69. The first kappa shape index (κ1) is 12.3. The Labute approximate surface area is 106 Å². The van der Waals surface area contributed by atoms with Crippen LogP contribution in [0.2, 0.25) is 0 Å². The Morgan fingerprint density at radius 3 is 2.89 bits per heavy atom. The molecule has 18 heavy (non-hydrogen) atoms. The van der Waals surface area contributed by atoms with Crippen molar-refractivity contribution in [2.24, 2.45) is 5.84 Å². The molecular formula is C12H16N6. The normalized spacial score (nSPS) is 10.1. The Morgan fingerprint density at radius 1 is 1.28 bits per heavy atom. The molecule has 0 unspecified atom stereocenters. The van der Waals surface area contributed by atoms with E-state index in [2.05, 4.69) is 20.4 Å². The maximum absolute atomic E-state index is 5.32. The average Bonchev–Trinajstić information content (AvgIpc) is 2.46. The summed E-state index contributed by atoms with van der Waals surface area (Å²) in [7, 11) is 1.98. The molecule has 6 nitrogen and oxygen atoms in total. The molecule has 0 aliphatic rings. The fourth-order valence-corrected chi connectivity index (χ4v) is 1.58. The molecule has 0 radical (unpaired) electrons. The van der Waals surface area contributed by atoms with Gasteiger partial charge in [0.15, 0.2) is 0 Å². The van der Waals surface area contributed by atoms with Gasteiger partial charge in [-0.1, -0.05) is 6.07 Å².